The first-order valence-electron chi connectivity index (χ1n) is 6.64. The second-order valence-corrected chi connectivity index (χ2v) is 6.71. The third-order valence-corrected chi connectivity index (χ3v) is 3.73. The molecule has 21 heavy (non-hydrogen) atoms. The summed E-state index contributed by atoms with van der Waals surface area (Å²) in [6.45, 7) is 2.76. The van der Waals surface area contributed by atoms with E-state index < -0.39 is 15.8 Å². The summed E-state index contributed by atoms with van der Waals surface area (Å²) in [5.74, 6) is -0.940. The summed E-state index contributed by atoms with van der Waals surface area (Å²) in [4.78, 5) is 14.1. The second kappa shape index (κ2) is 6.40. The van der Waals surface area contributed by atoms with Gasteiger partial charge in [0.2, 0.25) is 10.0 Å². The lowest BCUT2D eigenvalue weighted by Crippen LogP contribution is -2.34. The van der Waals surface area contributed by atoms with E-state index >= 15 is 0 Å². The molecule has 0 saturated carbocycles. The van der Waals surface area contributed by atoms with Crippen molar-refractivity contribution in [3.8, 4) is 0 Å². The van der Waals surface area contributed by atoms with Crippen LogP contribution in [0.25, 0.3) is 0 Å². The van der Waals surface area contributed by atoms with Crippen LogP contribution >= 0.6 is 0 Å². The molecule has 1 aromatic rings. The van der Waals surface area contributed by atoms with Crippen LogP contribution in [-0.2, 0) is 10.0 Å². The Kier molecular flexibility index (Phi) is 4.79. The van der Waals surface area contributed by atoms with Crippen molar-refractivity contribution in [2.45, 2.75) is 6.42 Å². The lowest BCUT2D eigenvalue weighted by molar-refractivity contribution is 0.0766. The van der Waals surface area contributed by atoms with Crippen molar-refractivity contribution in [3.05, 3.63) is 29.6 Å². The van der Waals surface area contributed by atoms with E-state index in [1.165, 1.54) is 12.1 Å². The number of hydrogen-bond acceptors (Lipinski definition) is 4. The fourth-order valence-corrected chi connectivity index (χ4v) is 2.72. The van der Waals surface area contributed by atoms with E-state index in [1.807, 2.05) is 0 Å². The van der Waals surface area contributed by atoms with Crippen LogP contribution < -0.4 is 10.0 Å². The van der Waals surface area contributed by atoms with Gasteiger partial charge in [-0.15, -0.1) is 0 Å². The fraction of sp³-hybridized carbons (Fsp3) is 0.462. The molecule has 6 nitrogen and oxygen atoms in total. The van der Waals surface area contributed by atoms with Gasteiger partial charge < -0.3 is 10.2 Å². The van der Waals surface area contributed by atoms with Gasteiger partial charge in [0.25, 0.3) is 5.91 Å². The summed E-state index contributed by atoms with van der Waals surface area (Å²) in [7, 11) is -3.60. The Morgan fingerprint density at radius 2 is 2.10 bits per heavy atom. The molecule has 0 aliphatic carbocycles. The highest BCUT2D eigenvalue weighted by atomic mass is 32.2. The minimum atomic E-state index is -3.60. The number of sulfonamides is 1. The molecule has 0 atom stereocenters. The van der Waals surface area contributed by atoms with E-state index in [0.717, 1.165) is 25.3 Å². The second-order valence-electron chi connectivity index (χ2n) is 4.96. The molecule has 2 rings (SSSR count). The van der Waals surface area contributed by atoms with Crippen LogP contribution in [0.4, 0.5) is 10.1 Å². The minimum Gasteiger partial charge on any atom is -0.337 e. The Bertz CT molecular complexity index is 626. The third kappa shape index (κ3) is 4.40. The molecule has 1 fully saturated rings. The van der Waals surface area contributed by atoms with E-state index in [1.54, 1.807) is 4.90 Å². The SMILES string of the molecule is CS(=O)(=O)Nc1cc(C(=O)N2CCCNCC2)ccc1F. The monoisotopic (exact) mass is 315 g/mol. The summed E-state index contributed by atoms with van der Waals surface area (Å²) in [6.07, 6.45) is 1.78. The standard InChI is InChI=1S/C13H18FN3O3S/c1-21(19,20)16-12-9-10(3-4-11(12)14)13(18)17-7-2-5-15-6-8-17/h3-4,9,15-16H,2,5-8H2,1H3. The predicted octanol–water partition coefficient (Wildman–Crippen LogP) is 0.633. The lowest BCUT2D eigenvalue weighted by atomic mass is 10.1. The summed E-state index contributed by atoms with van der Waals surface area (Å²) in [5, 5.41) is 3.19. The van der Waals surface area contributed by atoms with Gasteiger partial charge in [-0.2, -0.15) is 0 Å². The van der Waals surface area contributed by atoms with Crippen molar-refractivity contribution in [1.82, 2.24) is 10.2 Å². The molecule has 2 N–H and O–H groups in total. The average molecular weight is 315 g/mol. The summed E-state index contributed by atoms with van der Waals surface area (Å²) < 4.78 is 38.1. The smallest absolute Gasteiger partial charge is 0.253 e. The predicted molar refractivity (Wildman–Crippen MR) is 78.3 cm³/mol. The molecule has 0 unspecified atom stereocenters. The van der Waals surface area contributed by atoms with Crippen LogP contribution in [0.5, 0.6) is 0 Å². The molecule has 0 radical (unpaired) electrons. The number of nitrogens with one attached hydrogen (secondary N) is 2. The molecule has 1 heterocycles. The normalized spacial score (nSPS) is 16.4. The molecule has 1 aliphatic rings. The van der Waals surface area contributed by atoms with E-state index in [0.29, 0.717) is 19.6 Å². The van der Waals surface area contributed by atoms with Crippen molar-refractivity contribution in [2.24, 2.45) is 0 Å². The highest BCUT2D eigenvalue weighted by Crippen LogP contribution is 2.18. The average Bonchev–Trinajstić information content (AvgIpc) is 2.68. The zero-order chi connectivity index (χ0) is 15.5. The first-order valence-corrected chi connectivity index (χ1v) is 8.53. The first-order chi connectivity index (χ1) is 9.87. The maximum absolute atomic E-state index is 13.6. The summed E-state index contributed by atoms with van der Waals surface area (Å²) in [5.41, 5.74) is 0.0562. The van der Waals surface area contributed by atoms with Gasteiger partial charge in [0.15, 0.2) is 0 Å². The number of anilines is 1. The number of carbonyl (C=O) groups is 1. The van der Waals surface area contributed by atoms with Gasteiger partial charge in [-0.3, -0.25) is 9.52 Å². The largest absolute Gasteiger partial charge is 0.337 e. The van der Waals surface area contributed by atoms with Gasteiger partial charge in [0.05, 0.1) is 11.9 Å². The number of rotatable bonds is 3. The molecule has 1 aliphatic heterocycles. The van der Waals surface area contributed by atoms with Gasteiger partial charge in [-0.1, -0.05) is 0 Å². The minimum absolute atomic E-state index is 0.212. The number of amides is 1. The zero-order valence-electron chi connectivity index (χ0n) is 11.7. The van der Waals surface area contributed by atoms with Crippen molar-refractivity contribution >= 4 is 21.6 Å². The van der Waals surface area contributed by atoms with Gasteiger partial charge in [-0.05, 0) is 31.2 Å². The molecule has 116 valence electrons. The molecule has 1 saturated heterocycles. The topological polar surface area (TPSA) is 78.5 Å². The van der Waals surface area contributed by atoms with Gasteiger partial charge in [0, 0.05) is 25.2 Å². The number of benzene rings is 1. The van der Waals surface area contributed by atoms with E-state index in [9.17, 15) is 17.6 Å². The van der Waals surface area contributed by atoms with E-state index in [-0.39, 0.29) is 17.2 Å². The molecular weight excluding hydrogens is 297 g/mol. The Hall–Kier alpha value is -1.67. The fourth-order valence-electron chi connectivity index (χ4n) is 2.17. The molecule has 8 heteroatoms. The quantitative estimate of drug-likeness (QED) is 0.858. The van der Waals surface area contributed by atoms with Crippen LogP contribution in [0.2, 0.25) is 0 Å². The third-order valence-electron chi connectivity index (χ3n) is 3.14. The van der Waals surface area contributed by atoms with Crippen molar-refractivity contribution < 1.29 is 17.6 Å². The highest BCUT2D eigenvalue weighted by molar-refractivity contribution is 7.92. The van der Waals surface area contributed by atoms with Crippen LogP contribution in [0.15, 0.2) is 18.2 Å². The Labute approximate surface area is 123 Å². The van der Waals surface area contributed by atoms with Crippen LogP contribution in [-0.4, -0.2) is 51.7 Å². The zero-order valence-corrected chi connectivity index (χ0v) is 12.5. The van der Waals surface area contributed by atoms with E-state index in [2.05, 4.69) is 10.0 Å². The van der Waals surface area contributed by atoms with E-state index in [4.69, 9.17) is 0 Å². The number of halogens is 1. The van der Waals surface area contributed by atoms with Crippen LogP contribution in [0, 0.1) is 5.82 Å². The van der Waals surface area contributed by atoms with Gasteiger partial charge >= 0.3 is 0 Å². The Balaban J connectivity index is 2.23. The molecule has 0 spiro atoms. The van der Waals surface area contributed by atoms with Crippen molar-refractivity contribution in [2.75, 3.05) is 37.2 Å². The van der Waals surface area contributed by atoms with Gasteiger partial charge in [0.1, 0.15) is 5.82 Å². The number of hydrogen-bond donors (Lipinski definition) is 2. The number of nitrogens with zero attached hydrogens (tertiary/aromatic N) is 1. The van der Waals surface area contributed by atoms with Crippen molar-refractivity contribution in [3.63, 3.8) is 0 Å². The molecule has 1 amide bonds. The van der Waals surface area contributed by atoms with Gasteiger partial charge in [-0.25, -0.2) is 12.8 Å². The van der Waals surface area contributed by atoms with Crippen LogP contribution in [0.1, 0.15) is 16.8 Å². The Morgan fingerprint density at radius 1 is 1.33 bits per heavy atom. The molecule has 0 bridgehead atoms. The number of carbonyl (C=O) groups excluding carboxylic acids is 1. The summed E-state index contributed by atoms with van der Waals surface area (Å²) in [6, 6.07) is 3.69. The van der Waals surface area contributed by atoms with Crippen LogP contribution in [0.3, 0.4) is 0 Å². The van der Waals surface area contributed by atoms with Crippen molar-refractivity contribution in [1.29, 1.82) is 0 Å². The maximum Gasteiger partial charge on any atom is 0.253 e. The summed E-state index contributed by atoms with van der Waals surface area (Å²) >= 11 is 0. The Morgan fingerprint density at radius 3 is 2.81 bits per heavy atom. The first kappa shape index (κ1) is 15.7. The highest BCUT2D eigenvalue weighted by Gasteiger charge is 2.19. The maximum atomic E-state index is 13.6. The molecule has 1 aromatic carbocycles. The molecule has 0 aromatic heterocycles. The lowest BCUT2D eigenvalue weighted by Gasteiger charge is -2.20. The molecular formula is C13H18FN3O3S.